The van der Waals surface area contributed by atoms with Crippen molar-refractivity contribution in [1.82, 2.24) is 5.32 Å². The molecule has 0 bridgehead atoms. The molecule has 0 heterocycles. The smallest absolute Gasteiger partial charge is 0.143 e. The highest BCUT2D eigenvalue weighted by Crippen LogP contribution is 2.23. The first-order valence-electron chi connectivity index (χ1n) is 5.84. The van der Waals surface area contributed by atoms with Crippen molar-refractivity contribution < 1.29 is 5.21 Å². The summed E-state index contributed by atoms with van der Waals surface area (Å²) in [7, 11) is 0. The van der Waals surface area contributed by atoms with Gasteiger partial charge in [-0.2, -0.15) is 0 Å². The summed E-state index contributed by atoms with van der Waals surface area (Å²) in [6.45, 7) is 5.07. The molecule has 15 heavy (non-hydrogen) atoms. The van der Waals surface area contributed by atoms with E-state index in [1.807, 2.05) is 6.92 Å². The topological polar surface area (TPSA) is 70.6 Å². The van der Waals surface area contributed by atoms with Crippen molar-refractivity contribution in [3.63, 3.8) is 0 Å². The van der Waals surface area contributed by atoms with Gasteiger partial charge in [-0.15, -0.1) is 0 Å². The van der Waals surface area contributed by atoms with E-state index in [-0.39, 0.29) is 5.92 Å². The first kappa shape index (κ1) is 12.3. The van der Waals surface area contributed by atoms with Crippen molar-refractivity contribution in [2.24, 2.45) is 22.7 Å². The number of hydrogen-bond acceptors (Lipinski definition) is 3. The van der Waals surface area contributed by atoms with E-state index >= 15 is 0 Å². The second-order valence-corrected chi connectivity index (χ2v) is 4.80. The third-order valence-electron chi connectivity index (χ3n) is 3.27. The molecule has 88 valence electrons. The van der Waals surface area contributed by atoms with E-state index in [0.29, 0.717) is 11.9 Å². The van der Waals surface area contributed by atoms with Crippen LogP contribution in [0.3, 0.4) is 0 Å². The van der Waals surface area contributed by atoms with E-state index in [0.717, 1.165) is 12.5 Å². The molecule has 4 N–H and O–H groups in total. The Morgan fingerprint density at radius 1 is 1.60 bits per heavy atom. The molecule has 0 amide bonds. The zero-order chi connectivity index (χ0) is 11.3. The number of amidine groups is 1. The predicted octanol–water partition coefficient (Wildman–Crippen LogP) is 1.54. The van der Waals surface area contributed by atoms with Gasteiger partial charge in [0.25, 0.3) is 0 Å². The Balaban J connectivity index is 2.24. The SMILES string of the molecule is CC1CCCC(NCC(C)C(N)=NO)C1. The van der Waals surface area contributed by atoms with Crippen LogP contribution in [0.2, 0.25) is 0 Å². The monoisotopic (exact) mass is 213 g/mol. The molecule has 1 saturated carbocycles. The average Bonchev–Trinajstić information content (AvgIpc) is 2.25. The molecule has 0 radical (unpaired) electrons. The van der Waals surface area contributed by atoms with Crippen LogP contribution in [0, 0.1) is 11.8 Å². The summed E-state index contributed by atoms with van der Waals surface area (Å²) >= 11 is 0. The fraction of sp³-hybridized carbons (Fsp3) is 0.909. The van der Waals surface area contributed by atoms with Gasteiger partial charge in [0.1, 0.15) is 5.84 Å². The highest BCUT2D eigenvalue weighted by atomic mass is 16.4. The van der Waals surface area contributed by atoms with Crippen molar-refractivity contribution >= 4 is 5.84 Å². The third-order valence-corrected chi connectivity index (χ3v) is 3.27. The minimum atomic E-state index is 0.104. The molecule has 0 spiro atoms. The summed E-state index contributed by atoms with van der Waals surface area (Å²) in [6.07, 6.45) is 5.18. The highest BCUT2D eigenvalue weighted by Gasteiger charge is 2.19. The molecule has 4 nitrogen and oxygen atoms in total. The molecule has 1 aliphatic rings. The Labute approximate surface area is 91.9 Å². The molecule has 0 aliphatic heterocycles. The van der Waals surface area contributed by atoms with Gasteiger partial charge in [-0.05, 0) is 18.8 Å². The van der Waals surface area contributed by atoms with E-state index in [9.17, 15) is 0 Å². The van der Waals surface area contributed by atoms with Gasteiger partial charge in [-0.25, -0.2) is 0 Å². The van der Waals surface area contributed by atoms with E-state index in [2.05, 4.69) is 17.4 Å². The molecule has 0 saturated heterocycles. The van der Waals surface area contributed by atoms with E-state index in [4.69, 9.17) is 10.9 Å². The molecule has 3 unspecified atom stereocenters. The van der Waals surface area contributed by atoms with Crippen LogP contribution in [-0.4, -0.2) is 23.6 Å². The third kappa shape index (κ3) is 4.08. The van der Waals surface area contributed by atoms with E-state index in [1.54, 1.807) is 0 Å². The summed E-state index contributed by atoms with van der Waals surface area (Å²) in [5.41, 5.74) is 5.52. The maximum Gasteiger partial charge on any atom is 0.143 e. The average molecular weight is 213 g/mol. The number of hydrogen-bond donors (Lipinski definition) is 3. The molecule has 1 fully saturated rings. The van der Waals surface area contributed by atoms with Gasteiger partial charge < -0.3 is 16.3 Å². The van der Waals surface area contributed by atoms with Gasteiger partial charge in [0.2, 0.25) is 0 Å². The van der Waals surface area contributed by atoms with Gasteiger partial charge in [0, 0.05) is 18.5 Å². The highest BCUT2D eigenvalue weighted by molar-refractivity contribution is 5.82. The van der Waals surface area contributed by atoms with Crippen molar-refractivity contribution in [3.8, 4) is 0 Å². The van der Waals surface area contributed by atoms with Gasteiger partial charge in [0.15, 0.2) is 0 Å². The van der Waals surface area contributed by atoms with E-state index < -0.39 is 0 Å². The molecular weight excluding hydrogens is 190 g/mol. The number of nitrogens with one attached hydrogen (secondary N) is 1. The van der Waals surface area contributed by atoms with Crippen molar-refractivity contribution in [2.45, 2.75) is 45.6 Å². The lowest BCUT2D eigenvalue weighted by atomic mass is 9.87. The lowest BCUT2D eigenvalue weighted by Gasteiger charge is -2.28. The molecule has 0 aromatic carbocycles. The van der Waals surface area contributed by atoms with Crippen LogP contribution in [0.1, 0.15) is 39.5 Å². The van der Waals surface area contributed by atoms with Crippen LogP contribution < -0.4 is 11.1 Å². The lowest BCUT2D eigenvalue weighted by molar-refractivity contribution is 0.294. The second-order valence-electron chi connectivity index (χ2n) is 4.80. The van der Waals surface area contributed by atoms with Crippen molar-refractivity contribution in [3.05, 3.63) is 0 Å². The molecule has 4 heteroatoms. The standard InChI is InChI=1S/C11H23N3O/c1-8-4-3-5-10(6-8)13-7-9(2)11(12)14-15/h8-10,13,15H,3-7H2,1-2H3,(H2,12,14). The van der Waals surface area contributed by atoms with E-state index in [1.165, 1.54) is 25.7 Å². The Morgan fingerprint density at radius 2 is 2.33 bits per heavy atom. The van der Waals surface area contributed by atoms with Gasteiger partial charge >= 0.3 is 0 Å². The Hall–Kier alpha value is -0.770. The zero-order valence-corrected chi connectivity index (χ0v) is 9.74. The number of nitrogens with zero attached hydrogens (tertiary/aromatic N) is 1. The predicted molar refractivity (Wildman–Crippen MR) is 62.0 cm³/mol. The molecule has 0 aromatic rings. The number of rotatable bonds is 4. The first-order valence-corrected chi connectivity index (χ1v) is 5.84. The number of oxime groups is 1. The summed E-state index contributed by atoms with van der Waals surface area (Å²) in [4.78, 5) is 0. The molecule has 1 rings (SSSR count). The fourth-order valence-electron chi connectivity index (χ4n) is 2.17. The first-order chi connectivity index (χ1) is 7.13. The quantitative estimate of drug-likeness (QED) is 0.287. The number of nitrogens with two attached hydrogens (primary N) is 1. The minimum Gasteiger partial charge on any atom is -0.409 e. The van der Waals surface area contributed by atoms with Gasteiger partial charge in [0.05, 0.1) is 0 Å². The second kappa shape index (κ2) is 5.95. The maximum atomic E-state index is 8.52. The molecule has 1 aliphatic carbocycles. The normalized spacial score (nSPS) is 30.1. The Morgan fingerprint density at radius 3 is 2.93 bits per heavy atom. The van der Waals surface area contributed by atoms with Crippen LogP contribution >= 0.6 is 0 Å². The van der Waals surface area contributed by atoms with Crippen molar-refractivity contribution in [1.29, 1.82) is 0 Å². The lowest BCUT2D eigenvalue weighted by Crippen LogP contribution is -2.39. The van der Waals surface area contributed by atoms with Crippen LogP contribution in [0.25, 0.3) is 0 Å². The Bertz CT molecular complexity index is 218. The summed E-state index contributed by atoms with van der Waals surface area (Å²) in [5, 5.41) is 15.0. The molecular formula is C11H23N3O. The maximum absolute atomic E-state index is 8.52. The Kier molecular flexibility index (Phi) is 4.88. The van der Waals surface area contributed by atoms with Crippen LogP contribution in [0.5, 0.6) is 0 Å². The molecule has 0 aromatic heterocycles. The summed E-state index contributed by atoms with van der Waals surface area (Å²) < 4.78 is 0. The summed E-state index contributed by atoms with van der Waals surface area (Å²) in [6, 6.07) is 0.614. The van der Waals surface area contributed by atoms with Gasteiger partial charge in [-0.3, -0.25) is 0 Å². The zero-order valence-electron chi connectivity index (χ0n) is 9.74. The largest absolute Gasteiger partial charge is 0.409 e. The van der Waals surface area contributed by atoms with Gasteiger partial charge in [-0.1, -0.05) is 31.8 Å². The minimum absolute atomic E-state index is 0.104. The van der Waals surface area contributed by atoms with Crippen LogP contribution in [0.15, 0.2) is 5.16 Å². The van der Waals surface area contributed by atoms with Crippen LogP contribution in [0.4, 0.5) is 0 Å². The fourth-order valence-corrected chi connectivity index (χ4v) is 2.17. The summed E-state index contributed by atoms with van der Waals surface area (Å²) in [5.74, 6) is 1.24. The van der Waals surface area contributed by atoms with Crippen molar-refractivity contribution in [2.75, 3.05) is 6.54 Å². The van der Waals surface area contributed by atoms with Crippen LogP contribution in [-0.2, 0) is 0 Å². The molecule has 3 atom stereocenters.